The third kappa shape index (κ3) is 2.87. The highest BCUT2D eigenvalue weighted by Gasteiger charge is 2.26. The van der Waals surface area contributed by atoms with Crippen molar-refractivity contribution in [2.45, 2.75) is 26.3 Å². The van der Waals surface area contributed by atoms with Gasteiger partial charge in [-0.05, 0) is 24.8 Å². The Morgan fingerprint density at radius 2 is 2.24 bits per heavy atom. The van der Waals surface area contributed by atoms with Crippen LogP contribution < -0.4 is 4.90 Å². The van der Waals surface area contributed by atoms with Gasteiger partial charge in [0.15, 0.2) is 0 Å². The van der Waals surface area contributed by atoms with E-state index in [1.165, 1.54) is 17.8 Å². The average Bonchev–Trinajstić information content (AvgIpc) is 2.91. The maximum Gasteiger partial charge on any atom is 0.264 e. The fraction of sp³-hybridized carbons (Fsp3) is 0.615. The number of quaternary nitrogens is 1. The van der Waals surface area contributed by atoms with Gasteiger partial charge in [-0.2, -0.15) is 0 Å². The SMILES string of the molecule is CCC(C)[NH+]1CCN(C(=O)c2cccs2)CC1. The van der Waals surface area contributed by atoms with Gasteiger partial charge in [-0.1, -0.05) is 13.0 Å². The highest BCUT2D eigenvalue weighted by Crippen LogP contribution is 2.11. The minimum Gasteiger partial charge on any atom is -0.330 e. The molecule has 1 atom stereocenters. The lowest BCUT2D eigenvalue weighted by Gasteiger charge is -2.35. The minimum absolute atomic E-state index is 0.211. The van der Waals surface area contributed by atoms with Crippen LogP contribution in [0.4, 0.5) is 0 Å². The van der Waals surface area contributed by atoms with E-state index in [1.807, 2.05) is 22.4 Å². The van der Waals surface area contributed by atoms with Gasteiger partial charge >= 0.3 is 0 Å². The Morgan fingerprint density at radius 3 is 2.76 bits per heavy atom. The van der Waals surface area contributed by atoms with E-state index < -0.39 is 0 Å². The molecule has 1 saturated heterocycles. The quantitative estimate of drug-likeness (QED) is 0.850. The number of nitrogens with zero attached hydrogens (tertiary/aromatic N) is 1. The average molecular weight is 253 g/mol. The van der Waals surface area contributed by atoms with Crippen molar-refractivity contribution in [2.75, 3.05) is 26.2 Å². The third-order valence-corrected chi connectivity index (χ3v) is 4.59. The van der Waals surface area contributed by atoms with Gasteiger partial charge in [-0.15, -0.1) is 11.3 Å². The molecule has 1 aliphatic heterocycles. The highest BCUT2D eigenvalue weighted by molar-refractivity contribution is 7.12. The van der Waals surface area contributed by atoms with Crippen LogP contribution in [0.5, 0.6) is 0 Å². The second kappa shape index (κ2) is 5.65. The number of amides is 1. The topological polar surface area (TPSA) is 24.8 Å². The van der Waals surface area contributed by atoms with Crippen molar-refractivity contribution in [3.63, 3.8) is 0 Å². The molecule has 4 heteroatoms. The summed E-state index contributed by atoms with van der Waals surface area (Å²) in [6.07, 6.45) is 1.22. The Morgan fingerprint density at radius 1 is 1.53 bits per heavy atom. The molecular weight excluding hydrogens is 232 g/mol. The van der Waals surface area contributed by atoms with E-state index in [9.17, 15) is 4.79 Å². The van der Waals surface area contributed by atoms with Gasteiger partial charge in [0, 0.05) is 0 Å². The second-order valence-corrected chi connectivity index (χ2v) is 5.68. The summed E-state index contributed by atoms with van der Waals surface area (Å²) in [5.74, 6) is 0.211. The normalized spacial score (nSPS) is 19.3. The summed E-state index contributed by atoms with van der Waals surface area (Å²) in [7, 11) is 0. The Labute approximate surface area is 107 Å². The van der Waals surface area contributed by atoms with Crippen molar-refractivity contribution in [1.82, 2.24) is 4.90 Å². The molecule has 0 bridgehead atoms. The highest BCUT2D eigenvalue weighted by atomic mass is 32.1. The number of thiophene rings is 1. The van der Waals surface area contributed by atoms with E-state index in [1.54, 1.807) is 4.90 Å². The van der Waals surface area contributed by atoms with Gasteiger partial charge in [0.1, 0.15) is 0 Å². The number of piperazine rings is 1. The molecule has 2 rings (SSSR count). The molecule has 1 aromatic heterocycles. The maximum absolute atomic E-state index is 12.1. The van der Waals surface area contributed by atoms with E-state index in [0.29, 0.717) is 6.04 Å². The first kappa shape index (κ1) is 12.6. The van der Waals surface area contributed by atoms with Crippen LogP contribution in [-0.4, -0.2) is 43.0 Å². The van der Waals surface area contributed by atoms with Crippen LogP contribution >= 0.6 is 11.3 Å². The van der Waals surface area contributed by atoms with Crippen LogP contribution in [0.3, 0.4) is 0 Å². The summed E-state index contributed by atoms with van der Waals surface area (Å²) in [5.41, 5.74) is 0. The number of hydrogen-bond donors (Lipinski definition) is 1. The van der Waals surface area contributed by atoms with Gasteiger partial charge in [-0.25, -0.2) is 0 Å². The van der Waals surface area contributed by atoms with Crippen molar-refractivity contribution in [3.05, 3.63) is 22.4 Å². The zero-order valence-electron chi connectivity index (χ0n) is 10.6. The first-order chi connectivity index (χ1) is 8.22. The van der Waals surface area contributed by atoms with Crippen LogP contribution in [-0.2, 0) is 0 Å². The molecule has 17 heavy (non-hydrogen) atoms. The van der Waals surface area contributed by atoms with E-state index in [2.05, 4.69) is 13.8 Å². The molecule has 1 fully saturated rings. The largest absolute Gasteiger partial charge is 0.330 e. The van der Waals surface area contributed by atoms with Crippen LogP contribution in [0.1, 0.15) is 29.9 Å². The summed E-state index contributed by atoms with van der Waals surface area (Å²) in [6, 6.07) is 4.58. The van der Waals surface area contributed by atoms with Crippen molar-refractivity contribution >= 4 is 17.2 Å². The van der Waals surface area contributed by atoms with Crippen LogP contribution in [0, 0.1) is 0 Å². The molecule has 0 saturated carbocycles. The van der Waals surface area contributed by atoms with E-state index in [4.69, 9.17) is 0 Å². The molecule has 1 N–H and O–H groups in total. The monoisotopic (exact) mass is 253 g/mol. The molecule has 0 radical (unpaired) electrons. The lowest BCUT2D eigenvalue weighted by Crippen LogP contribution is -3.17. The molecule has 0 aliphatic carbocycles. The number of nitrogens with one attached hydrogen (secondary N) is 1. The molecule has 0 spiro atoms. The van der Waals surface area contributed by atoms with E-state index >= 15 is 0 Å². The summed E-state index contributed by atoms with van der Waals surface area (Å²) >= 11 is 1.54. The molecule has 0 aromatic carbocycles. The molecule has 3 nitrogen and oxygen atoms in total. The Bertz CT molecular complexity index is 356. The lowest BCUT2D eigenvalue weighted by molar-refractivity contribution is -0.927. The van der Waals surface area contributed by atoms with Gasteiger partial charge in [0.2, 0.25) is 0 Å². The van der Waals surface area contributed by atoms with E-state index in [0.717, 1.165) is 31.1 Å². The number of carbonyl (C=O) groups excluding carboxylic acids is 1. The molecule has 2 heterocycles. The van der Waals surface area contributed by atoms with Gasteiger partial charge < -0.3 is 9.80 Å². The molecular formula is C13H21N2OS+. The predicted octanol–water partition coefficient (Wildman–Crippen LogP) is 0.887. The zero-order valence-corrected chi connectivity index (χ0v) is 11.4. The Balaban J connectivity index is 1.89. The fourth-order valence-corrected chi connectivity index (χ4v) is 3.03. The third-order valence-electron chi connectivity index (χ3n) is 3.73. The Hall–Kier alpha value is -0.870. The standard InChI is InChI=1S/C13H20N2OS/c1-3-11(2)14-6-8-15(9-7-14)13(16)12-5-4-10-17-12/h4-5,10-11H,3,6-9H2,1-2H3/p+1. The molecule has 94 valence electrons. The molecule has 1 aromatic rings. The number of hydrogen-bond acceptors (Lipinski definition) is 2. The van der Waals surface area contributed by atoms with Gasteiger partial charge in [0.05, 0.1) is 37.1 Å². The second-order valence-electron chi connectivity index (χ2n) is 4.74. The number of carbonyl (C=O) groups is 1. The van der Waals surface area contributed by atoms with Crippen LogP contribution in [0.15, 0.2) is 17.5 Å². The first-order valence-electron chi connectivity index (χ1n) is 6.39. The van der Waals surface area contributed by atoms with Crippen LogP contribution in [0.25, 0.3) is 0 Å². The van der Waals surface area contributed by atoms with Crippen molar-refractivity contribution in [1.29, 1.82) is 0 Å². The summed E-state index contributed by atoms with van der Waals surface area (Å²) < 4.78 is 0. The Kier molecular flexibility index (Phi) is 4.18. The summed E-state index contributed by atoms with van der Waals surface area (Å²) in [5, 5.41) is 1.97. The van der Waals surface area contributed by atoms with Crippen molar-refractivity contribution < 1.29 is 9.69 Å². The van der Waals surface area contributed by atoms with E-state index in [-0.39, 0.29) is 5.91 Å². The first-order valence-corrected chi connectivity index (χ1v) is 7.27. The van der Waals surface area contributed by atoms with Gasteiger partial charge in [0.25, 0.3) is 5.91 Å². The molecule has 1 aliphatic rings. The van der Waals surface area contributed by atoms with Gasteiger partial charge in [-0.3, -0.25) is 4.79 Å². The minimum atomic E-state index is 0.211. The maximum atomic E-state index is 12.1. The molecule has 1 unspecified atom stereocenters. The zero-order chi connectivity index (χ0) is 12.3. The van der Waals surface area contributed by atoms with Crippen LogP contribution in [0.2, 0.25) is 0 Å². The lowest BCUT2D eigenvalue weighted by atomic mass is 10.2. The molecule has 1 amide bonds. The smallest absolute Gasteiger partial charge is 0.264 e. The summed E-state index contributed by atoms with van der Waals surface area (Å²) in [4.78, 5) is 16.6. The van der Waals surface area contributed by atoms with Crippen molar-refractivity contribution in [3.8, 4) is 0 Å². The predicted molar refractivity (Wildman–Crippen MR) is 70.7 cm³/mol. The fourth-order valence-electron chi connectivity index (χ4n) is 2.33. The summed E-state index contributed by atoms with van der Waals surface area (Å²) in [6.45, 7) is 8.51. The number of rotatable bonds is 3. The van der Waals surface area contributed by atoms with Crippen molar-refractivity contribution in [2.24, 2.45) is 0 Å².